The number of amides is 1. The van der Waals surface area contributed by atoms with Gasteiger partial charge in [-0.25, -0.2) is 13.4 Å². The van der Waals surface area contributed by atoms with E-state index in [1.54, 1.807) is 17.5 Å². The average Bonchev–Trinajstić information content (AvgIpc) is 3.41. The van der Waals surface area contributed by atoms with Gasteiger partial charge in [-0.1, -0.05) is 11.6 Å². The first kappa shape index (κ1) is 21.0. The van der Waals surface area contributed by atoms with Gasteiger partial charge in [-0.2, -0.15) is 4.31 Å². The van der Waals surface area contributed by atoms with E-state index in [1.165, 1.54) is 38.7 Å². The molecule has 11 heteroatoms. The van der Waals surface area contributed by atoms with Crippen LogP contribution in [-0.4, -0.2) is 41.3 Å². The molecule has 1 amide bonds. The molecule has 0 saturated carbocycles. The van der Waals surface area contributed by atoms with E-state index in [0.717, 1.165) is 12.8 Å². The maximum atomic E-state index is 12.8. The molecule has 3 aromatic rings. The lowest BCUT2D eigenvalue weighted by molar-refractivity contribution is -0.116. The van der Waals surface area contributed by atoms with Gasteiger partial charge in [-0.05, 0) is 42.5 Å². The highest BCUT2D eigenvalue weighted by Crippen LogP contribution is 2.29. The first-order valence-electron chi connectivity index (χ1n) is 9.38. The number of halogens is 1. The van der Waals surface area contributed by atoms with Crippen LogP contribution in [0.15, 0.2) is 45.7 Å². The highest BCUT2D eigenvalue weighted by molar-refractivity contribution is 7.89. The molecule has 0 unspecified atom stereocenters. The Hall–Kier alpha value is -2.27. The second-order valence-electron chi connectivity index (χ2n) is 6.94. The molecule has 1 saturated heterocycles. The molecule has 1 aliphatic rings. The maximum Gasteiger partial charge on any atom is 0.262 e. The third-order valence-electron chi connectivity index (χ3n) is 4.93. The van der Waals surface area contributed by atoms with Gasteiger partial charge in [0, 0.05) is 31.7 Å². The van der Waals surface area contributed by atoms with Crippen LogP contribution in [0.3, 0.4) is 0 Å². The van der Waals surface area contributed by atoms with Gasteiger partial charge in [0.05, 0.1) is 16.7 Å². The quantitative estimate of drug-likeness (QED) is 0.601. The Balaban J connectivity index is 1.46. The molecular formula is C19H19ClN4O4S2. The largest absolute Gasteiger partial charge is 0.326 e. The zero-order valence-corrected chi connectivity index (χ0v) is 18.3. The van der Waals surface area contributed by atoms with Crippen molar-refractivity contribution in [3.63, 3.8) is 0 Å². The third kappa shape index (κ3) is 4.13. The predicted molar refractivity (Wildman–Crippen MR) is 117 cm³/mol. The van der Waals surface area contributed by atoms with Crippen molar-refractivity contribution in [1.29, 1.82) is 0 Å². The Morgan fingerprint density at radius 1 is 1.23 bits per heavy atom. The van der Waals surface area contributed by atoms with Gasteiger partial charge in [-0.15, -0.1) is 11.3 Å². The summed E-state index contributed by atoms with van der Waals surface area (Å²) >= 11 is 7.51. The summed E-state index contributed by atoms with van der Waals surface area (Å²) in [4.78, 5) is 29.6. The number of carbonyl (C=O) groups is 1. The second kappa shape index (κ2) is 8.46. The molecule has 4 rings (SSSR count). The number of nitrogens with one attached hydrogen (secondary N) is 1. The van der Waals surface area contributed by atoms with E-state index in [-0.39, 0.29) is 34.4 Å². The molecule has 3 heterocycles. The molecule has 8 nitrogen and oxygen atoms in total. The van der Waals surface area contributed by atoms with Crippen LogP contribution in [0.2, 0.25) is 5.02 Å². The molecule has 1 N–H and O–H groups in total. The molecular weight excluding hydrogens is 448 g/mol. The number of aromatic nitrogens is 2. The van der Waals surface area contributed by atoms with Gasteiger partial charge in [0.15, 0.2) is 0 Å². The predicted octanol–water partition coefficient (Wildman–Crippen LogP) is 2.92. The SMILES string of the molecule is O=C(CCn1cnc2sccc2c1=O)Nc1ccc(Cl)c(S(=O)(=O)N2CCCC2)c1. The van der Waals surface area contributed by atoms with Gasteiger partial charge in [0.25, 0.3) is 5.56 Å². The van der Waals surface area contributed by atoms with Gasteiger partial charge in [0.1, 0.15) is 9.73 Å². The van der Waals surface area contributed by atoms with E-state index in [1.807, 2.05) is 0 Å². The molecule has 0 aliphatic carbocycles. The van der Waals surface area contributed by atoms with Crippen molar-refractivity contribution in [1.82, 2.24) is 13.9 Å². The van der Waals surface area contributed by atoms with E-state index in [4.69, 9.17) is 11.6 Å². The Bertz CT molecular complexity index is 1260. The summed E-state index contributed by atoms with van der Waals surface area (Å²) in [5, 5.41) is 5.11. The van der Waals surface area contributed by atoms with Crippen LogP contribution < -0.4 is 10.9 Å². The van der Waals surface area contributed by atoms with Crippen LogP contribution in [0.4, 0.5) is 5.69 Å². The number of benzene rings is 1. The molecule has 1 fully saturated rings. The Labute approximate surface area is 182 Å². The van der Waals surface area contributed by atoms with Gasteiger partial charge in [-0.3, -0.25) is 14.2 Å². The monoisotopic (exact) mass is 466 g/mol. The van der Waals surface area contributed by atoms with E-state index in [9.17, 15) is 18.0 Å². The lowest BCUT2D eigenvalue weighted by Gasteiger charge is -2.17. The van der Waals surface area contributed by atoms with Crippen molar-refractivity contribution < 1.29 is 13.2 Å². The number of rotatable bonds is 6. The minimum absolute atomic E-state index is 0.0211. The summed E-state index contributed by atoms with van der Waals surface area (Å²) in [6.45, 7) is 1.09. The van der Waals surface area contributed by atoms with Gasteiger partial charge in [0.2, 0.25) is 15.9 Å². The zero-order valence-electron chi connectivity index (χ0n) is 15.9. The summed E-state index contributed by atoms with van der Waals surface area (Å²) < 4.78 is 28.4. The summed E-state index contributed by atoms with van der Waals surface area (Å²) in [6, 6.07) is 6.09. The van der Waals surface area contributed by atoms with E-state index >= 15 is 0 Å². The van der Waals surface area contributed by atoms with Crippen molar-refractivity contribution in [3.05, 3.63) is 51.3 Å². The first-order chi connectivity index (χ1) is 14.4. The van der Waals surface area contributed by atoms with Crippen LogP contribution in [-0.2, 0) is 21.4 Å². The molecule has 30 heavy (non-hydrogen) atoms. The van der Waals surface area contributed by atoms with Crippen molar-refractivity contribution in [2.75, 3.05) is 18.4 Å². The van der Waals surface area contributed by atoms with Crippen LogP contribution in [0.5, 0.6) is 0 Å². The Morgan fingerprint density at radius 3 is 2.77 bits per heavy atom. The van der Waals surface area contributed by atoms with Gasteiger partial charge < -0.3 is 5.32 Å². The fourth-order valence-corrected chi connectivity index (χ4v) is 6.09. The maximum absolute atomic E-state index is 12.8. The summed E-state index contributed by atoms with van der Waals surface area (Å²) in [5.41, 5.74) is 0.139. The lowest BCUT2D eigenvalue weighted by atomic mass is 10.3. The number of anilines is 1. The smallest absolute Gasteiger partial charge is 0.262 e. The summed E-state index contributed by atoms with van der Waals surface area (Å²) in [7, 11) is -3.71. The number of sulfonamides is 1. The third-order valence-corrected chi connectivity index (χ3v) is 8.13. The number of hydrogen-bond acceptors (Lipinski definition) is 6. The molecule has 0 radical (unpaired) electrons. The highest BCUT2D eigenvalue weighted by Gasteiger charge is 2.29. The number of hydrogen-bond donors (Lipinski definition) is 1. The molecule has 0 bridgehead atoms. The zero-order chi connectivity index (χ0) is 21.3. The van der Waals surface area contributed by atoms with E-state index < -0.39 is 10.0 Å². The topological polar surface area (TPSA) is 101 Å². The van der Waals surface area contributed by atoms with Gasteiger partial charge >= 0.3 is 0 Å². The molecule has 1 aromatic carbocycles. The minimum atomic E-state index is -3.71. The summed E-state index contributed by atoms with van der Waals surface area (Å²) in [6.07, 6.45) is 3.10. The van der Waals surface area contributed by atoms with Crippen LogP contribution in [0.25, 0.3) is 10.2 Å². The van der Waals surface area contributed by atoms with Crippen LogP contribution in [0.1, 0.15) is 19.3 Å². The molecule has 1 aliphatic heterocycles. The van der Waals surface area contributed by atoms with Crippen molar-refractivity contribution >= 4 is 54.8 Å². The van der Waals surface area contributed by atoms with E-state index in [0.29, 0.717) is 29.0 Å². The summed E-state index contributed by atoms with van der Waals surface area (Å²) in [5.74, 6) is -0.348. The van der Waals surface area contributed by atoms with Crippen molar-refractivity contribution in [2.45, 2.75) is 30.7 Å². The fraction of sp³-hybridized carbons (Fsp3) is 0.316. The average molecular weight is 467 g/mol. The fourth-order valence-electron chi connectivity index (χ4n) is 3.34. The number of aryl methyl sites for hydroxylation is 1. The van der Waals surface area contributed by atoms with Crippen molar-refractivity contribution in [2.24, 2.45) is 0 Å². The Kier molecular flexibility index (Phi) is 5.92. The normalized spacial score (nSPS) is 15.0. The molecule has 158 valence electrons. The van der Waals surface area contributed by atoms with Crippen LogP contribution in [0, 0.1) is 0 Å². The minimum Gasteiger partial charge on any atom is -0.326 e. The lowest BCUT2D eigenvalue weighted by Crippen LogP contribution is -2.28. The first-order valence-corrected chi connectivity index (χ1v) is 12.1. The highest BCUT2D eigenvalue weighted by atomic mass is 35.5. The number of carbonyl (C=O) groups excluding carboxylic acids is 1. The molecule has 0 atom stereocenters. The standard InChI is InChI=1S/C19H19ClN4O4S2/c20-15-4-3-13(11-16(15)30(27,28)24-7-1-2-8-24)22-17(25)5-9-23-12-21-18-14(19(23)26)6-10-29-18/h3-4,6,10-12H,1-2,5,7-9H2,(H,22,25). The van der Waals surface area contributed by atoms with Crippen LogP contribution >= 0.6 is 22.9 Å². The second-order valence-corrected chi connectivity index (χ2v) is 10.1. The number of nitrogens with zero attached hydrogens (tertiary/aromatic N) is 3. The van der Waals surface area contributed by atoms with E-state index in [2.05, 4.69) is 10.3 Å². The van der Waals surface area contributed by atoms with Crippen molar-refractivity contribution in [3.8, 4) is 0 Å². The number of thiophene rings is 1. The molecule has 0 spiro atoms. The number of fused-ring (bicyclic) bond motifs is 1. The molecule has 2 aromatic heterocycles. The Morgan fingerprint density at radius 2 is 2.00 bits per heavy atom.